The monoisotopic (exact) mass is 243 g/mol. The van der Waals surface area contributed by atoms with Crippen molar-refractivity contribution in [3.05, 3.63) is 28.5 Å². The minimum absolute atomic E-state index is 0.184. The summed E-state index contributed by atoms with van der Waals surface area (Å²) in [6.45, 7) is 5.95. The molecule has 0 radical (unpaired) electrons. The van der Waals surface area contributed by atoms with Crippen LogP contribution in [0.5, 0.6) is 0 Å². The van der Waals surface area contributed by atoms with Gasteiger partial charge in [0.2, 0.25) is 0 Å². The molecule has 1 aromatic rings. The summed E-state index contributed by atoms with van der Waals surface area (Å²) in [5, 5.41) is 9.95. The first-order valence-electron chi connectivity index (χ1n) is 4.21. The number of rotatable bonds is 1. The Morgan fingerprint density at radius 1 is 1.46 bits per heavy atom. The van der Waals surface area contributed by atoms with Gasteiger partial charge in [0.1, 0.15) is 6.10 Å². The zero-order valence-electron chi connectivity index (χ0n) is 8.08. The summed E-state index contributed by atoms with van der Waals surface area (Å²) in [5.41, 5.74) is 0.520. The third-order valence-electron chi connectivity index (χ3n) is 1.87. The number of hydrogen-bond donors (Lipinski definition) is 1. The molecule has 0 amide bonds. The fourth-order valence-corrected chi connectivity index (χ4v) is 1.48. The Hall–Kier alpha value is -0.410. The number of aliphatic hydroxyl groups excluding tert-OH is 1. The van der Waals surface area contributed by atoms with Crippen LogP contribution in [0, 0.1) is 5.41 Å². The summed E-state index contributed by atoms with van der Waals surface area (Å²) in [5.74, 6) is 0. The van der Waals surface area contributed by atoms with Crippen molar-refractivity contribution in [2.45, 2.75) is 26.9 Å². The van der Waals surface area contributed by atoms with E-state index in [-0.39, 0.29) is 5.41 Å². The molecule has 0 saturated heterocycles. The van der Waals surface area contributed by atoms with Gasteiger partial charge in [0.05, 0.1) is 5.69 Å². The van der Waals surface area contributed by atoms with Gasteiger partial charge in [-0.1, -0.05) is 20.8 Å². The van der Waals surface area contributed by atoms with Crippen molar-refractivity contribution in [2.75, 3.05) is 0 Å². The fraction of sp³-hybridized carbons (Fsp3) is 0.500. The van der Waals surface area contributed by atoms with Crippen molar-refractivity contribution >= 4 is 15.9 Å². The first-order valence-corrected chi connectivity index (χ1v) is 5.00. The zero-order valence-corrected chi connectivity index (χ0v) is 9.67. The van der Waals surface area contributed by atoms with Gasteiger partial charge in [0.15, 0.2) is 0 Å². The Bertz CT molecular complexity index is 293. The number of aromatic nitrogens is 1. The highest BCUT2D eigenvalue weighted by Gasteiger charge is 2.26. The van der Waals surface area contributed by atoms with Crippen molar-refractivity contribution in [1.29, 1.82) is 0 Å². The van der Waals surface area contributed by atoms with Gasteiger partial charge >= 0.3 is 0 Å². The molecule has 13 heavy (non-hydrogen) atoms. The molecule has 0 aliphatic rings. The van der Waals surface area contributed by atoms with E-state index in [0.717, 1.165) is 4.47 Å². The van der Waals surface area contributed by atoms with Crippen molar-refractivity contribution in [2.24, 2.45) is 5.41 Å². The van der Waals surface area contributed by atoms with Crippen molar-refractivity contribution in [3.8, 4) is 0 Å². The van der Waals surface area contributed by atoms with Crippen LogP contribution < -0.4 is 0 Å². The van der Waals surface area contributed by atoms with E-state index < -0.39 is 6.10 Å². The van der Waals surface area contributed by atoms with Crippen LogP contribution in [0.4, 0.5) is 0 Å². The zero-order chi connectivity index (χ0) is 10.1. The fourth-order valence-electron chi connectivity index (χ4n) is 1.01. The Morgan fingerprint density at radius 2 is 2.08 bits per heavy atom. The second kappa shape index (κ2) is 3.76. The summed E-state index contributed by atoms with van der Waals surface area (Å²) in [6, 6.07) is 3.72. The van der Waals surface area contributed by atoms with Gasteiger partial charge in [0, 0.05) is 10.7 Å². The lowest BCUT2D eigenvalue weighted by atomic mass is 9.87. The highest BCUT2D eigenvalue weighted by atomic mass is 79.9. The molecule has 0 aliphatic carbocycles. The minimum Gasteiger partial charge on any atom is -0.386 e. The van der Waals surface area contributed by atoms with Gasteiger partial charge in [0.25, 0.3) is 0 Å². The van der Waals surface area contributed by atoms with Crippen molar-refractivity contribution in [1.82, 2.24) is 4.98 Å². The molecule has 0 bridgehead atoms. The lowest BCUT2D eigenvalue weighted by Gasteiger charge is -2.25. The second-order valence-corrected chi connectivity index (χ2v) is 4.99. The molecule has 1 atom stereocenters. The van der Waals surface area contributed by atoms with E-state index in [1.807, 2.05) is 32.9 Å². The molecule has 1 aromatic heterocycles. The average Bonchev–Trinajstić information content (AvgIpc) is 2.02. The predicted octanol–water partition coefficient (Wildman–Crippen LogP) is 2.92. The summed E-state index contributed by atoms with van der Waals surface area (Å²) < 4.78 is 0.859. The summed E-state index contributed by atoms with van der Waals surface area (Å²) in [6.07, 6.45) is 1.15. The van der Waals surface area contributed by atoms with E-state index in [1.165, 1.54) is 0 Å². The van der Waals surface area contributed by atoms with Gasteiger partial charge in [-0.05, 0) is 33.5 Å². The predicted molar refractivity (Wildman–Crippen MR) is 56.4 cm³/mol. The maximum Gasteiger partial charge on any atom is 0.102 e. The van der Waals surface area contributed by atoms with Crippen LogP contribution in [-0.4, -0.2) is 10.1 Å². The third kappa shape index (κ3) is 2.51. The second-order valence-electron chi connectivity index (χ2n) is 4.14. The molecule has 0 spiro atoms. The maximum absolute atomic E-state index is 9.95. The Balaban J connectivity index is 3.02. The van der Waals surface area contributed by atoms with Crippen LogP contribution in [0.3, 0.4) is 0 Å². The molecule has 1 unspecified atom stereocenters. The number of aliphatic hydroxyl groups is 1. The van der Waals surface area contributed by atoms with E-state index in [9.17, 15) is 5.11 Å². The van der Waals surface area contributed by atoms with Gasteiger partial charge < -0.3 is 5.11 Å². The highest BCUT2D eigenvalue weighted by Crippen LogP contribution is 2.34. The molecular weight excluding hydrogens is 230 g/mol. The Kier molecular flexibility index (Phi) is 3.09. The van der Waals surface area contributed by atoms with Crippen LogP contribution in [0.15, 0.2) is 22.8 Å². The van der Waals surface area contributed by atoms with E-state index in [2.05, 4.69) is 20.9 Å². The lowest BCUT2D eigenvalue weighted by molar-refractivity contribution is 0.0582. The Morgan fingerprint density at radius 3 is 2.54 bits per heavy atom. The standard InChI is InChI=1S/C10H14BrNO/c1-10(2,3)9(13)8-7(11)5-4-6-12-8/h4-6,9,13H,1-3H3. The van der Waals surface area contributed by atoms with Gasteiger partial charge in [-0.15, -0.1) is 0 Å². The molecule has 2 nitrogen and oxygen atoms in total. The molecular formula is C10H14BrNO. The number of pyridine rings is 1. The molecule has 72 valence electrons. The normalized spacial score (nSPS) is 14.2. The van der Waals surface area contributed by atoms with Crippen molar-refractivity contribution < 1.29 is 5.11 Å². The van der Waals surface area contributed by atoms with Crippen LogP contribution in [0.1, 0.15) is 32.6 Å². The lowest BCUT2D eigenvalue weighted by Crippen LogP contribution is -2.19. The maximum atomic E-state index is 9.95. The first kappa shape index (κ1) is 10.7. The molecule has 0 aromatic carbocycles. The molecule has 3 heteroatoms. The largest absolute Gasteiger partial charge is 0.386 e. The van der Waals surface area contributed by atoms with Crippen LogP contribution in [0.25, 0.3) is 0 Å². The van der Waals surface area contributed by atoms with Gasteiger partial charge in [-0.25, -0.2) is 0 Å². The Labute approximate surface area is 87.1 Å². The molecule has 1 N–H and O–H groups in total. The quantitative estimate of drug-likeness (QED) is 0.823. The van der Waals surface area contributed by atoms with E-state index in [4.69, 9.17) is 0 Å². The van der Waals surface area contributed by atoms with E-state index >= 15 is 0 Å². The van der Waals surface area contributed by atoms with Crippen LogP contribution in [0.2, 0.25) is 0 Å². The molecule has 0 aliphatic heterocycles. The van der Waals surface area contributed by atoms with Crippen molar-refractivity contribution in [3.63, 3.8) is 0 Å². The summed E-state index contributed by atoms with van der Waals surface area (Å²) in [4.78, 5) is 4.15. The number of halogens is 1. The van der Waals surface area contributed by atoms with Gasteiger partial charge in [-0.2, -0.15) is 0 Å². The summed E-state index contributed by atoms with van der Waals surface area (Å²) in [7, 11) is 0. The number of nitrogens with zero attached hydrogens (tertiary/aromatic N) is 1. The topological polar surface area (TPSA) is 33.1 Å². The SMILES string of the molecule is CC(C)(C)C(O)c1ncccc1Br. The smallest absolute Gasteiger partial charge is 0.102 e. The number of hydrogen-bond acceptors (Lipinski definition) is 2. The van der Waals surface area contributed by atoms with Crippen LogP contribution >= 0.6 is 15.9 Å². The average molecular weight is 244 g/mol. The third-order valence-corrected chi connectivity index (χ3v) is 2.54. The van der Waals surface area contributed by atoms with E-state index in [0.29, 0.717) is 5.69 Å². The summed E-state index contributed by atoms with van der Waals surface area (Å²) >= 11 is 3.37. The molecule has 0 fully saturated rings. The highest BCUT2D eigenvalue weighted by molar-refractivity contribution is 9.10. The minimum atomic E-state index is -0.539. The first-order chi connectivity index (χ1) is 5.93. The van der Waals surface area contributed by atoms with Gasteiger partial charge in [-0.3, -0.25) is 4.98 Å². The van der Waals surface area contributed by atoms with Crippen LogP contribution in [-0.2, 0) is 0 Å². The molecule has 1 heterocycles. The molecule has 0 saturated carbocycles. The van der Waals surface area contributed by atoms with E-state index in [1.54, 1.807) is 6.20 Å². The molecule has 1 rings (SSSR count).